The Morgan fingerprint density at radius 3 is 2.71 bits per heavy atom. The van der Waals surface area contributed by atoms with Crippen LogP contribution in [0.25, 0.3) is 0 Å². The summed E-state index contributed by atoms with van der Waals surface area (Å²) in [5.41, 5.74) is 2.23. The number of methoxy groups -OCH3 is 1. The first kappa shape index (κ1) is 19.0. The number of ether oxygens (including phenoxy) is 1. The highest BCUT2D eigenvalue weighted by Crippen LogP contribution is 2.37. The Hall–Kier alpha value is -2.34. The number of halogens is 1. The van der Waals surface area contributed by atoms with Gasteiger partial charge in [-0.25, -0.2) is 0 Å². The van der Waals surface area contributed by atoms with Crippen molar-refractivity contribution in [2.75, 3.05) is 7.11 Å². The lowest BCUT2D eigenvalue weighted by Crippen LogP contribution is -2.42. The molecule has 2 aromatic carbocycles. The minimum absolute atomic E-state index is 0.0980. The SMILES string of the molecule is COc1ccc(Br)cc1CN1C(=O)c2ccccc2[C@@H]1C(=O)NC1CCCC1. The van der Waals surface area contributed by atoms with Crippen LogP contribution in [0.15, 0.2) is 46.9 Å². The number of nitrogens with one attached hydrogen (secondary N) is 1. The molecule has 0 spiro atoms. The van der Waals surface area contributed by atoms with Gasteiger partial charge in [0.25, 0.3) is 5.91 Å². The van der Waals surface area contributed by atoms with E-state index in [2.05, 4.69) is 21.2 Å². The number of benzene rings is 2. The molecule has 5 nitrogen and oxygen atoms in total. The first-order chi connectivity index (χ1) is 13.6. The molecule has 1 heterocycles. The molecule has 0 aromatic heterocycles. The van der Waals surface area contributed by atoms with E-state index in [1.54, 1.807) is 18.1 Å². The summed E-state index contributed by atoms with van der Waals surface area (Å²) in [6, 6.07) is 12.7. The summed E-state index contributed by atoms with van der Waals surface area (Å²) in [5, 5.41) is 3.16. The lowest BCUT2D eigenvalue weighted by atomic mass is 10.0. The predicted octanol–water partition coefficient (Wildman–Crippen LogP) is 4.21. The van der Waals surface area contributed by atoms with Crippen LogP contribution in [-0.2, 0) is 11.3 Å². The van der Waals surface area contributed by atoms with Crippen LogP contribution in [0.3, 0.4) is 0 Å². The fourth-order valence-electron chi connectivity index (χ4n) is 4.22. The van der Waals surface area contributed by atoms with Gasteiger partial charge in [-0.2, -0.15) is 0 Å². The summed E-state index contributed by atoms with van der Waals surface area (Å²) in [4.78, 5) is 28.0. The highest BCUT2D eigenvalue weighted by atomic mass is 79.9. The zero-order valence-electron chi connectivity index (χ0n) is 15.8. The molecule has 146 valence electrons. The van der Waals surface area contributed by atoms with E-state index < -0.39 is 6.04 Å². The molecule has 2 amide bonds. The molecule has 28 heavy (non-hydrogen) atoms. The van der Waals surface area contributed by atoms with E-state index in [0.717, 1.165) is 41.3 Å². The van der Waals surface area contributed by atoms with Crippen LogP contribution >= 0.6 is 15.9 Å². The minimum Gasteiger partial charge on any atom is -0.496 e. The van der Waals surface area contributed by atoms with Gasteiger partial charge in [-0.15, -0.1) is 0 Å². The van der Waals surface area contributed by atoms with Crippen molar-refractivity contribution in [3.8, 4) is 5.75 Å². The maximum absolute atomic E-state index is 13.2. The van der Waals surface area contributed by atoms with Crippen LogP contribution in [0.2, 0.25) is 0 Å². The van der Waals surface area contributed by atoms with Crippen LogP contribution < -0.4 is 10.1 Å². The number of fused-ring (bicyclic) bond motifs is 1. The topological polar surface area (TPSA) is 58.6 Å². The first-order valence-electron chi connectivity index (χ1n) is 9.61. The average Bonchev–Trinajstić information content (AvgIpc) is 3.29. The summed E-state index contributed by atoms with van der Waals surface area (Å²) >= 11 is 3.48. The van der Waals surface area contributed by atoms with Gasteiger partial charge in [0.05, 0.1) is 13.7 Å². The van der Waals surface area contributed by atoms with E-state index in [4.69, 9.17) is 4.74 Å². The molecule has 0 saturated heterocycles. The van der Waals surface area contributed by atoms with Crippen LogP contribution in [0, 0.1) is 0 Å². The Morgan fingerprint density at radius 2 is 1.96 bits per heavy atom. The number of hydrogen-bond donors (Lipinski definition) is 1. The molecule has 1 saturated carbocycles. The molecule has 0 bridgehead atoms. The Bertz CT molecular complexity index is 908. The van der Waals surface area contributed by atoms with Crippen LogP contribution in [-0.4, -0.2) is 29.9 Å². The maximum Gasteiger partial charge on any atom is 0.255 e. The summed E-state index contributed by atoms with van der Waals surface area (Å²) in [5.74, 6) is 0.477. The smallest absolute Gasteiger partial charge is 0.255 e. The fraction of sp³-hybridized carbons (Fsp3) is 0.364. The molecule has 1 atom stereocenters. The molecule has 0 unspecified atom stereocenters. The monoisotopic (exact) mass is 442 g/mol. The zero-order chi connectivity index (χ0) is 19.7. The number of hydrogen-bond acceptors (Lipinski definition) is 3. The first-order valence-corrected chi connectivity index (χ1v) is 10.4. The van der Waals surface area contributed by atoms with Gasteiger partial charge in [0, 0.05) is 21.6 Å². The fourth-order valence-corrected chi connectivity index (χ4v) is 4.63. The number of nitrogens with zero attached hydrogens (tertiary/aromatic N) is 1. The third-order valence-electron chi connectivity index (χ3n) is 5.59. The normalized spacial score (nSPS) is 19.0. The maximum atomic E-state index is 13.2. The second-order valence-corrected chi connectivity index (χ2v) is 8.28. The quantitative estimate of drug-likeness (QED) is 0.753. The molecule has 4 rings (SSSR count). The van der Waals surface area contributed by atoms with Gasteiger partial charge in [-0.3, -0.25) is 9.59 Å². The third-order valence-corrected chi connectivity index (χ3v) is 6.08. The molecule has 2 aliphatic rings. The van der Waals surface area contributed by atoms with Gasteiger partial charge in [0.2, 0.25) is 5.91 Å². The number of amides is 2. The Morgan fingerprint density at radius 1 is 1.21 bits per heavy atom. The van der Waals surface area contributed by atoms with Gasteiger partial charge in [-0.05, 0) is 42.7 Å². The van der Waals surface area contributed by atoms with Gasteiger partial charge in [0.1, 0.15) is 11.8 Å². The van der Waals surface area contributed by atoms with Crippen molar-refractivity contribution in [1.29, 1.82) is 0 Å². The van der Waals surface area contributed by atoms with E-state index in [-0.39, 0.29) is 17.9 Å². The van der Waals surface area contributed by atoms with Crippen LogP contribution in [0.1, 0.15) is 53.2 Å². The zero-order valence-corrected chi connectivity index (χ0v) is 17.4. The van der Waals surface area contributed by atoms with E-state index in [1.807, 2.05) is 36.4 Å². The van der Waals surface area contributed by atoms with Crippen molar-refractivity contribution >= 4 is 27.7 Å². The molecule has 6 heteroatoms. The van der Waals surface area contributed by atoms with Crippen molar-refractivity contribution in [2.24, 2.45) is 0 Å². The molecule has 1 N–H and O–H groups in total. The van der Waals surface area contributed by atoms with E-state index in [1.165, 1.54) is 0 Å². The van der Waals surface area contributed by atoms with Crippen molar-refractivity contribution in [2.45, 2.75) is 44.3 Å². The second kappa shape index (κ2) is 7.95. The molecule has 2 aromatic rings. The lowest BCUT2D eigenvalue weighted by molar-refractivity contribution is -0.126. The highest BCUT2D eigenvalue weighted by Gasteiger charge is 2.41. The van der Waals surface area contributed by atoms with Crippen molar-refractivity contribution in [1.82, 2.24) is 10.2 Å². The van der Waals surface area contributed by atoms with E-state index in [9.17, 15) is 9.59 Å². The Kier molecular flexibility index (Phi) is 5.40. The second-order valence-electron chi connectivity index (χ2n) is 7.37. The molecule has 1 aliphatic heterocycles. The van der Waals surface area contributed by atoms with Gasteiger partial charge < -0.3 is 15.0 Å². The van der Waals surface area contributed by atoms with Gasteiger partial charge in [0.15, 0.2) is 0 Å². The molecule has 1 fully saturated rings. The Balaban J connectivity index is 1.67. The highest BCUT2D eigenvalue weighted by molar-refractivity contribution is 9.10. The largest absolute Gasteiger partial charge is 0.496 e. The standard InChI is InChI=1S/C22H23BrN2O3/c1-28-19-11-10-15(23)12-14(19)13-25-20(21(26)24-16-6-2-3-7-16)17-8-4-5-9-18(17)22(25)27/h4-5,8-12,16,20H,2-3,6-7,13H2,1H3,(H,24,26)/t20-/m1/s1. The number of carbonyl (C=O) groups excluding carboxylic acids is 2. The summed E-state index contributed by atoms with van der Waals surface area (Å²) < 4.78 is 6.37. The average molecular weight is 443 g/mol. The minimum atomic E-state index is -0.618. The van der Waals surface area contributed by atoms with Crippen LogP contribution in [0.4, 0.5) is 0 Å². The molecular weight excluding hydrogens is 420 g/mol. The predicted molar refractivity (Wildman–Crippen MR) is 110 cm³/mol. The third kappa shape index (κ3) is 3.53. The van der Waals surface area contributed by atoms with Crippen molar-refractivity contribution in [3.63, 3.8) is 0 Å². The van der Waals surface area contributed by atoms with Crippen molar-refractivity contribution in [3.05, 3.63) is 63.6 Å². The summed E-state index contributed by atoms with van der Waals surface area (Å²) in [6.07, 6.45) is 4.30. The lowest BCUT2D eigenvalue weighted by Gasteiger charge is -2.27. The molecule has 1 aliphatic carbocycles. The molecule has 0 radical (unpaired) electrons. The van der Waals surface area contributed by atoms with E-state index in [0.29, 0.717) is 17.9 Å². The Labute approximate surface area is 173 Å². The van der Waals surface area contributed by atoms with E-state index >= 15 is 0 Å². The summed E-state index contributed by atoms with van der Waals surface area (Å²) in [6.45, 7) is 0.304. The van der Waals surface area contributed by atoms with Crippen LogP contribution in [0.5, 0.6) is 5.75 Å². The van der Waals surface area contributed by atoms with Crippen molar-refractivity contribution < 1.29 is 14.3 Å². The van der Waals surface area contributed by atoms with Gasteiger partial charge >= 0.3 is 0 Å². The number of carbonyl (C=O) groups is 2. The molecular formula is C22H23BrN2O3. The number of rotatable bonds is 5. The van der Waals surface area contributed by atoms with Gasteiger partial charge in [-0.1, -0.05) is 47.0 Å². The summed E-state index contributed by atoms with van der Waals surface area (Å²) in [7, 11) is 1.61.